The second-order valence-electron chi connectivity index (χ2n) is 5.30. The molecule has 1 aliphatic rings. The van der Waals surface area contributed by atoms with Crippen LogP contribution in [0.15, 0.2) is 38.5 Å². The molecule has 0 unspecified atom stereocenters. The average Bonchev–Trinajstić information content (AvgIpc) is 3.09. The molecule has 2 heterocycles. The van der Waals surface area contributed by atoms with Crippen molar-refractivity contribution in [2.75, 3.05) is 18.0 Å². The number of rotatable bonds is 6. The van der Waals surface area contributed by atoms with Crippen LogP contribution in [0.3, 0.4) is 0 Å². The number of nitrogen functional groups attached to an aromatic ring is 1. The lowest BCUT2D eigenvalue weighted by Gasteiger charge is -2.00. The molecule has 0 amide bonds. The van der Waals surface area contributed by atoms with Gasteiger partial charge in [0.1, 0.15) is 10.7 Å². The molecule has 9 nitrogen and oxygen atoms in total. The highest BCUT2D eigenvalue weighted by Gasteiger charge is 2.30. The predicted molar refractivity (Wildman–Crippen MR) is 106 cm³/mol. The molecule has 0 aliphatic carbocycles. The molecule has 0 saturated carbocycles. The lowest BCUT2D eigenvalue weighted by atomic mass is 10.2. The smallest absolute Gasteiger partial charge is 0.263 e. The standard InChI is InChI=1S/C14H17N7O2S3/c15-8-1-2-10-11(5-8)26(22,23)21-12(10)18-3-4-24-6-9-7-25-14(19-9)20-13(16)17/h1-2,5,7H,3-4,6,15H2,(H,18,21)(H4,16,17,19,20). The summed E-state index contributed by atoms with van der Waals surface area (Å²) in [5.41, 5.74) is 18.1. The van der Waals surface area contributed by atoms with Gasteiger partial charge in [0.25, 0.3) is 10.0 Å². The molecule has 1 aromatic carbocycles. The van der Waals surface area contributed by atoms with Crippen LogP contribution >= 0.6 is 23.1 Å². The van der Waals surface area contributed by atoms with E-state index in [2.05, 4.69) is 19.7 Å². The number of benzene rings is 1. The Morgan fingerprint density at radius 3 is 2.92 bits per heavy atom. The number of amidine groups is 1. The van der Waals surface area contributed by atoms with E-state index in [0.29, 0.717) is 40.3 Å². The highest BCUT2D eigenvalue weighted by Crippen LogP contribution is 2.25. The predicted octanol–water partition coefficient (Wildman–Crippen LogP) is 0.602. The zero-order chi connectivity index (χ0) is 18.7. The summed E-state index contributed by atoms with van der Waals surface area (Å²) in [6.45, 7) is 0.469. The molecule has 138 valence electrons. The topological polar surface area (TPSA) is 162 Å². The molecule has 1 aromatic heterocycles. The number of nitrogens with zero attached hydrogens (tertiary/aromatic N) is 3. The van der Waals surface area contributed by atoms with Crippen LogP contribution < -0.4 is 21.9 Å². The van der Waals surface area contributed by atoms with Crippen molar-refractivity contribution in [2.45, 2.75) is 10.6 Å². The minimum atomic E-state index is -3.58. The Labute approximate surface area is 158 Å². The maximum atomic E-state index is 12.1. The van der Waals surface area contributed by atoms with Crippen molar-refractivity contribution >= 4 is 55.7 Å². The van der Waals surface area contributed by atoms with Gasteiger partial charge in [-0.2, -0.15) is 16.8 Å². The molecule has 0 saturated heterocycles. The molecule has 7 N–H and O–H groups in total. The second kappa shape index (κ2) is 7.51. The van der Waals surface area contributed by atoms with Gasteiger partial charge in [0, 0.05) is 28.1 Å². The summed E-state index contributed by atoms with van der Waals surface area (Å²) in [5.74, 6) is 1.74. The second-order valence-corrected chi connectivity index (χ2v) is 8.89. The first-order valence-corrected chi connectivity index (χ1v) is 11.0. The molecule has 12 heteroatoms. The number of nitrogens with one attached hydrogen (secondary N) is 1. The van der Waals surface area contributed by atoms with Gasteiger partial charge in [0.15, 0.2) is 5.96 Å². The number of sulfonamides is 1. The summed E-state index contributed by atoms with van der Waals surface area (Å²) in [6.07, 6.45) is 0. The van der Waals surface area contributed by atoms with Crippen molar-refractivity contribution < 1.29 is 8.42 Å². The van der Waals surface area contributed by atoms with Gasteiger partial charge in [-0.25, -0.2) is 13.4 Å². The first kappa shape index (κ1) is 18.5. The summed E-state index contributed by atoms with van der Waals surface area (Å²) < 4.78 is 26.6. The number of aliphatic imine (C=N–C) groups is 2. The Morgan fingerprint density at radius 2 is 2.15 bits per heavy atom. The Morgan fingerprint density at radius 1 is 1.35 bits per heavy atom. The van der Waals surface area contributed by atoms with Crippen molar-refractivity contribution in [3.63, 3.8) is 0 Å². The summed E-state index contributed by atoms with van der Waals surface area (Å²) in [7, 11) is -3.58. The van der Waals surface area contributed by atoms with Crippen LogP contribution in [0, 0.1) is 0 Å². The third-order valence-corrected chi connectivity index (χ3v) is 6.43. The summed E-state index contributed by atoms with van der Waals surface area (Å²) in [5, 5.41) is 2.42. The maximum Gasteiger partial charge on any atom is 0.263 e. The van der Waals surface area contributed by atoms with Crippen molar-refractivity contribution in [2.24, 2.45) is 21.5 Å². The number of nitrogens with two attached hydrogens (primary N) is 3. The number of anilines is 1. The molecule has 0 atom stereocenters. The van der Waals surface area contributed by atoms with Gasteiger partial charge in [0.05, 0.1) is 12.2 Å². The SMILES string of the molecule is NC(N)=Nc1nc(CSCCN=C2NS(=O)(=O)c3cc(N)ccc32)cs1. The average molecular weight is 412 g/mol. The first-order valence-electron chi connectivity index (χ1n) is 7.44. The number of thiazole rings is 1. The van der Waals surface area contributed by atoms with Crippen LogP contribution in [-0.2, 0) is 15.8 Å². The number of thioether (sulfide) groups is 1. The Kier molecular flexibility index (Phi) is 5.34. The molecule has 3 rings (SSSR count). The van der Waals surface area contributed by atoms with Crippen LogP contribution in [0.5, 0.6) is 0 Å². The fraction of sp³-hybridized carbons (Fsp3) is 0.214. The Hall–Kier alpha value is -2.31. The van der Waals surface area contributed by atoms with Crippen LogP contribution in [0.25, 0.3) is 0 Å². The molecule has 2 aromatic rings. The number of aromatic nitrogens is 1. The van der Waals surface area contributed by atoms with Crippen LogP contribution in [0.1, 0.15) is 11.3 Å². The molecule has 26 heavy (non-hydrogen) atoms. The number of hydrogen-bond acceptors (Lipinski definition) is 8. The quantitative estimate of drug-likeness (QED) is 0.234. The number of fused-ring (bicyclic) bond motifs is 1. The van der Waals surface area contributed by atoms with E-state index in [1.165, 1.54) is 17.4 Å². The summed E-state index contributed by atoms with van der Waals surface area (Å²) in [6, 6.07) is 4.75. The van der Waals surface area contributed by atoms with Gasteiger partial charge in [-0.3, -0.25) is 9.71 Å². The zero-order valence-corrected chi connectivity index (χ0v) is 16.0. The number of hydrogen-bond donors (Lipinski definition) is 4. The fourth-order valence-corrected chi connectivity index (χ4v) is 5.05. The highest BCUT2D eigenvalue weighted by atomic mass is 32.2. The van der Waals surface area contributed by atoms with Gasteiger partial charge in [-0.1, -0.05) is 0 Å². The van der Waals surface area contributed by atoms with E-state index < -0.39 is 10.0 Å². The van der Waals surface area contributed by atoms with Crippen molar-refractivity contribution in [1.29, 1.82) is 0 Å². The largest absolute Gasteiger partial charge is 0.399 e. The van der Waals surface area contributed by atoms with Gasteiger partial charge < -0.3 is 17.2 Å². The van der Waals surface area contributed by atoms with E-state index in [1.54, 1.807) is 23.9 Å². The van der Waals surface area contributed by atoms with E-state index in [0.717, 1.165) is 5.69 Å². The Bertz CT molecular complexity index is 978. The first-order chi connectivity index (χ1) is 12.3. The van der Waals surface area contributed by atoms with Gasteiger partial charge in [-0.15, -0.1) is 11.3 Å². The molecule has 0 spiro atoms. The minimum absolute atomic E-state index is 0.0181. The Balaban J connectivity index is 1.56. The van der Waals surface area contributed by atoms with E-state index in [1.807, 2.05) is 5.38 Å². The lowest BCUT2D eigenvalue weighted by Crippen LogP contribution is -2.22. The van der Waals surface area contributed by atoms with Gasteiger partial charge in [0.2, 0.25) is 5.13 Å². The minimum Gasteiger partial charge on any atom is -0.399 e. The van der Waals surface area contributed by atoms with Crippen LogP contribution in [0.2, 0.25) is 0 Å². The highest BCUT2D eigenvalue weighted by molar-refractivity contribution is 7.98. The maximum absolute atomic E-state index is 12.1. The van der Waals surface area contributed by atoms with Crippen LogP contribution in [0.4, 0.5) is 10.8 Å². The zero-order valence-electron chi connectivity index (χ0n) is 13.5. The van der Waals surface area contributed by atoms with E-state index in [4.69, 9.17) is 17.2 Å². The number of guanidine groups is 1. The molecule has 0 bridgehead atoms. The van der Waals surface area contributed by atoms with Crippen LogP contribution in [-0.4, -0.2) is 37.5 Å². The lowest BCUT2D eigenvalue weighted by molar-refractivity contribution is 0.595. The normalized spacial score (nSPS) is 16.2. The van der Waals surface area contributed by atoms with E-state index in [9.17, 15) is 8.42 Å². The summed E-state index contributed by atoms with van der Waals surface area (Å²) in [4.78, 5) is 12.7. The molecule has 0 radical (unpaired) electrons. The van der Waals surface area contributed by atoms with E-state index >= 15 is 0 Å². The van der Waals surface area contributed by atoms with Crippen molar-refractivity contribution in [3.8, 4) is 0 Å². The van der Waals surface area contributed by atoms with Gasteiger partial charge >= 0.3 is 0 Å². The summed E-state index contributed by atoms with van der Waals surface area (Å²) >= 11 is 3.00. The van der Waals surface area contributed by atoms with Crippen molar-refractivity contribution in [3.05, 3.63) is 34.8 Å². The third-order valence-electron chi connectivity index (χ3n) is 3.30. The monoisotopic (exact) mass is 411 g/mol. The fourth-order valence-electron chi connectivity index (χ4n) is 2.23. The van der Waals surface area contributed by atoms with Gasteiger partial charge in [-0.05, 0) is 18.2 Å². The van der Waals surface area contributed by atoms with Crippen molar-refractivity contribution in [1.82, 2.24) is 9.71 Å². The van der Waals surface area contributed by atoms with E-state index in [-0.39, 0.29) is 10.9 Å². The molecule has 1 aliphatic heterocycles. The molecular weight excluding hydrogens is 394 g/mol. The third kappa shape index (κ3) is 4.26. The molecular formula is C14H17N7O2S3. The molecule has 0 fully saturated rings.